The van der Waals surface area contributed by atoms with E-state index in [2.05, 4.69) is 15.4 Å². The van der Waals surface area contributed by atoms with E-state index in [4.69, 9.17) is 9.47 Å². The summed E-state index contributed by atoms with van der Waals surface area (Å²) in [6.45, 7) is 10.2. The van der Waals surface area contributed by atoms with E-state index in [0.29, 0.717) is 31.6 Å². The van der Waals surface area contributed by atoms with Crippen LogP contribution in [0.15, 0.2) is 42.7 Å². The van der Waals surface area contributed by atoms with Crippen LogP contribution in [0.1, 0.15) is 43.4 Å². The average Bonchev–Trinajstić information content (AvgIpc) is 3.33. The molecule has 0 unspecified atom stereocenters. The Morgan fingerprint density at radius 2 is 1.92 bits per heavy atom. The Balaban J connectivity index is 1.51. The fourth-order valence-corrected chi connectivity index (χ4v) is 4.30. The molecule has 1 amide bonds. The number of pyridine rings is 1. The van der Waals surface area contributed by atoms with Crippen molar-refractivity contribution in [3.8, 4) is 16.9 Å². The number of ether oxygens (including phenoxy) is 2. The zero-order valence-electron chi connectivity index (χ0n) is 22.3. The first kappa shape index (κ1) is 26.2. The van der Waals surface area contributed by atoms with E-state index in [1.165, 1.54) is 6.07 Å². The smallest absolute Gasteiger partial charge is 0.407 e. The highest BCUT2D eigenvalue weighted by atomic mass is 19.1. The SMILES string of the molecule is Cc1nn(C)c(C)c1CCOc1c(F)cccc1-c1ccc2ncc(CCNC(=O)OC(C)(C)C)n2c1. The summed E-state index contributed by atoms with van der Waals surface area (Å²) in [5.74, 6) is -0.195. The molecule has 37 heavy (non-hydrogen) atoms. The number of nitrogens with zero attached hydrogens (tertiary/aromatic N) is 4. The molecule has 196 valence electrons. The number of hydrogen-bond donors (Lipinski definition) is 1. The van der Waals surface area contributed by atoms with Gasteiger partial charge in [0.25, 0.3) is 0 Å². The minimum absolute atomic E-state index is 0.217. The van der Waals surface area contributed by atoms with Crippen molar-refractivity contribution in [2.24, 2.45) is 7.05 Å². The summed E-state index contributed by atoms with van der Waals surface area (Å²) in [7, 11) is 1.91. The van der Waals surface area contributed by atoms with Crippen LogP contribution < -0.4 is 10.1 Å². The topological polar surface area (TPSA) is 82.7 Å². The van der Waals surface area contributed by atoms with Gasteiger partial charge in [-0.2, -0.15) is 5.10 Å². The van der Waals surface area contributed by atoms with Gasteiger partial charge in [-0.15, -0.1) is 0 Å². The van der Waals surface area contributed by atoms with E-state index >= 15 is 0 Å². The first-order chi connectivity index (χ1) is 17.5. The largest absolute Gasteiger partial charge is 0.490 e. The summed E-state index contributed by atoms with van der Waals surface area (Å²) in [5, 5.41) is 7.22. The molecule has 0 saturated carbocycles. The predicted octanol–water partition coefficient (Wildman–Crippen LogP) is 5.18. The number of benzene rings is 1. The summed E-state index contributed by atoms with van der Waals surface area (Å²) in [5.41, 5.74) is 5.73. The van der Waals surface area contributed by atoms with Gasteiger partial charge in [0.05, 0.1) is 12.3 Å². The van der Waals surface area contributed by atoms with Gasteiger partial charge in [-0.3, -0.25) is 4.68 Å². The molecule has 4 rings (SSSR count). The number of para-hydroxylation sites is 1. The van der Waals surface area contributed by atoms with Gasteiger partial charge >= 0.3 is 6.09 Å². The minimum Gasteiger partial charge on any atom is -0.490 e. The molecule has 9 heteroatoms. The van der Waals surface area contributed by atoms with Gasteiger partial charge in [0.15, 0.2) is 11.6 Å². The summed E-state index contributed by atoms with van der Waals surface area (Å²) in [4.78, 5) is 16.4. The van der Waals surface area contributed by atoms with Crippen molar-refractivity contribution in [3.05, 3.63) is 71.2 Å². The molecule has 0 saturated heterocycles. The van der Waals surface area contributed by atoms with E-state index < -0.39 is 17.5 Å². The number of aromatic nitrogens is 4. The molecular formula is C28H34FN5O3. The molecule has 0 spiro atoms. The number of alkyl carbamates (subject to hydrolysis) is 1. The van der Waals surface area contributed by atoms with Crippen molar-refractivity contribution >= 4 is 11.7 Å². The van der Waals surface area contributed by atoms with Crippen LogP contribution in [0.25, 0.3) is 16.8 Å². The van der Waals surface area contributed by atoms with Gasteiger partial charge < -0.3 is 19.2 Å². The van der Waals surface area contributed by atoms with Crippen LogP contribution in [-0.2, 0) is 24.6 Å². The molecular weight excluding hydrogens is 473 g/mol. The van der Waals surface area contributed by atoms with Crippen LogP contribution in [0.5, 0.6) is 5.75 Å². The lowest BCUT2D eigenvalue weighted by atomic mass is 10.1. The van der Waals surface area contributed by atoms with Gasteiger partial charge in [-0.25, -0.2) is 14.2 Å². The fourth-order valence-electron chi connectivity index (χ4n) is 4.30. The van der Waals surface area contributed by atoms with Crippen molar-refractivity contribution < 1.29 is 18.7 Å². The molecule has 4 aromatic rings. The maximum absolute atomic E-state index is 14.9. The van der Waals surface area contributed by atoms with Crippen molar-refractivity contribution in [1.82, 2.24) is 24.5 Å². The predicted molar refractivity (Wildman–Crippen MR) is 140 cm³/mol. The second-order valence-electron chi connectivity index (χ2n) is 10.1. The molecule has 0 aliphatic heterocycles. The summed E-state index contributed by atoms with van der Waals surface area (Å²) >= 11 is 0. The molecule has 0 aliphatic rings. The van der Waals surface area contributed by atoms with Crippen molar-refractivity contribution in [1.29, 1.82) is 0 Å². The molecule has 0 bridgehead atoms. The van der Waals surface area contributed by atoms with Gasteiger partial charge in [0.1, 0.15) is 11.2 Å². The third-order valence-corrected chi connectivity index (χ3v) is 6.17. The third kappa shape index (κ3) is 6.10. The lowest BCUT2D eigenvalue weighted by Gasteiger charge is -2.19. The Morgan fingerprint density at radius 3 is 2.62 bits per heavy atom. The lowest BCUT2D eigenvalue weighted by molar-refractivity contribution is 0.0528. The highest BCUT2D eigenvalue weighted by Crippen LogP contribution is 2.33. The third-order valence-electron chi connectivity index (χ3n) is 6.17. The van der Waals surface area contributed by atoms with Crippen molar-refractivity contribution in [2.45, 2.75) is 53.1 Å². The molecule has 0 fully saturated rings. The standard InChI is InChI=1S/C28H34FN5O3/c1-18-22(19(2)33(6)32-18)13-15-36-26-23(8-7-9-24(26)29)20-10-11-25-31-16-21(34(25)17-20)12-14-30-27(35)37-28(3,4)5/h7-11,16-17H,12-15H2,1-6H3,(H,30,35). The highest BCUT2D eigenvalue weighted by Gasteiger charge is 2.17. The molecule has 0 atom stereocenters. The molecule has 0 radical (unpaired) electrons. The van der Waals surface area contributed by atoms with Crippen LogP contribution >= 0.6 is 0 Å². The summed E-state index contributed by atoms with van der Waals surface area (Å²) in [6.07, 6.45) is 4.43. The Morgan fingerprint density at radius 1 is 1.14 bits per heavy atom. The minimum atomic E-state index is -0.553. The molecule has 3 heterocycles. The number of fused-ring (bicyclic) bond motifs is 1. The van der Waals surface area contributed by atoms with E-state index in [1.807, 2.05) is 75.1 Å². The second kappa shape index (κ2) is 10.6. The summed E-state index contributed by atoms with van der Waals surface area (Å²) < 4.78 is 30.0. The number of aryl methyl sites for hydroxylation is 2. The van der Waals surface area contributed by atoms with Crippen molar-refractivity contribution in [2.75, 3.05) is 13.2 Å². The number of carbonyl (C=O) groups excluding carboxylic acids is 1. The first-order valence-electron chi connectivity index (χ1n) is 12.4. The maximum atomic E-state index is 14.9. The zero-order chi connectivity index (χ0) is 26.7. The van der Waals surface area contributed by atoms with Crippen LogP contribution in [-0.4, -0.2) is 44.0 Å². The van der Waals surface area contributed by atoms with Crippen LogP contribution in [0.3, 0.4) is 0 Å². The quantitative estimate of drug-likeness (QED) is 0.355. The molecule has 1 N–H and O–H groups in total. The molecule has 3 aromatic heterocycles. The normalized spacial score (nSPS) is 11.6. The van der Waals surface area contributed by atoms with Gasteiger partial charge in [-0.05, 0) is 58.4 Å². The van der Waals surface area contributed by atoms with Gasteiger partial charge in [0.2, 0.25) is 0 Å². The molecule has 0 aliphatic carbocycles. The fraction of sp³-hybridized carbons (Fsp3) is 0.393. The summed E-state index contributed by atoms with van der Waals surface area (Å²) in [6, 6.07) is 8.72. The average molecular weight is 508 g/mol. The Kier molecular flexibility index (Phi) is 7.52. The van der Waals surface area contributed by atoms with Crippen LogP contribution in [0, 0.1) is 19.7 Å². The Hall–Kier alpha value is -3.88. The van der Waals surface area contributed by atoms with Gasteiger partial charge in [0, 0.05) is 61.3 Å². The number of nitrogens with one attached hydrogen (secondary N) is 1. The molecule has 8 nitrogen and oxygen atoms in total. The number of amides is 1. The van der Waals surface area contributed by atoms with Gasteiger partial charge in [-0.1, -0.05) is 12.1 Å². The first-order valence-corrected chi connectivity index (χ1v) is 12.4. The lowest BCUT2D eigenvalue weighted by Crippen LogP contribution is -2.33. The van der Waals surface area contributed by atoms with E-state index in [0.717, 1.165) is 33.9 Å². The maximum Gasteiger partial charge on any atom is 0.407 e. The zero-order valence-corrected chi connectivity index (χ0v) is 22.3. The number of hydrogen-bond acceptors (Lipinski definition) is 5. The van der Waals surface area contributed by atoms with E-state index in [9.17, 15) is 9.18 Å². The highest BCUT2D eigenvalue weighted by molar-refractivity contribution is 5.71. The number of halogens is 1. The van der Waals surface area contributed by atoms with Crippen molar-refractivity contribution in [3.63, 3.8) is 0 Å². The van der Waals surface area contributed by atoms with Crippen LogP contribution in [0.4, 0.5) is 9.18 Å². The number of imidazole rings is 1. The Bertz CT molecular complexity index is 1420. The van der Waals surface area contributed by atoms with E-state index in [-0.39, 0.29) is 5.75 Å². The monoisotopic (exact) mass is 507 g/mol. The molecule has 1 aromatic carbocycles. The number of carbonyl (C=O) groups is 1. The van der Waals surface area contributed by atoms with E-state index in [1.54, 1.807) is 12.3 Å². The number of rotatable bonds is 8. The van der Waals surface area contributed by atoms with Crippen LogP contribution in [0.2, 0.25) is 0 Å². The Labute approximate surface area is 216 Å². The second-order valence-corrected chi connectivity index (χ2v) is 10.1.